The molecule has 1 aliphatic heterocycles. The lowest BCUT2D eigenvalue weighted by molar-refractivity contribution is 0.152. The summed E-state index contributed by atoms with van der Waals surface area (Å²) in [6.45, 7) is 4.88. The van der Waals surface area contributed by atoms with Crippen LogP contribution in [0.5, 0.6) is 0 Å². The molecule has 0 radical (unpaired) electrons. The molecule has 0 aliphatic carbocycles. The van der Waals surface area contributed by atoms with Crippen molar-refractivity contribution < 1.29 is 4.74 Å². The highest BCUT2D eigenvalue weighted by Gasteiger charge is 2.21. The van der Waals surface area contributed by atoms with Gasteiger partial charge in [0.25, 0.3) is 0 Å². The highest BCUT2D eigenvalue weighted by atomic mass is 16.5. The third-order valence-corrected chi connectivity index (χ3v) is 3.41. The van der Waals surface area contributed by atoms with Crippen LogP contribution in [-0.2, 0) is 17.8 Å². The SMILES string of the molecule is COCC1CCN(Cc2cccc(CN)c2)C1. The molecule has 1 aromatic rings. The first-order chi connectivity index (χ1) is 8.31. The molecule has 3 heteroatoms. The van der Waals surface area contributed by atoms with Crippen LogP contribution in [-0.4, -0.2) is 31.7 Å². The topological polar surface area (TPSA) is 38.5 Å². The van der Waals surface area contributed by atoms with Crippen LogP contribution in [0.3, 0.4) is 0 Å². The van der Waals surface area contributed by atoms with Crippen LogP contribution < -0.4 is 5.73 Å². The van der Waals surface area contributed by atoms with Gasteiger partial charge in [0.15, 0.2) is 0 Å². The first kappa shape index (κ1) is 12.6. The Hall–Kier alpha value is -0.900. The third-order valence-electron chi connectivity index (χ3n) is 3.41. The van der Waals surface area contributed by atoms with Crippen molar-refractivity contribution >= 4 is 0 Å². The predicted octanol–water partition coefficient (Wildman–Crippen LogP) is 1.61. The number of benzene rings is 1. The van der Waals surface area contributed by atoms with E-state index in [9.17, 15) is 0 Å². The highest BCUT2D eigenvalue weighted by molar-refractivity contribution is 5.23. The lowest BCUT2D eigenvalue weighted by Gasteiger charge is -2.16. The molecule has 1 saturated heterocycles. The van der Waals surface area contributed by atoms with E-state index < -0.39 is 0 Å². The van der Waals surface area contributed by atoms with Gasteiger partial charge >= 0.3 is 0 Å². The van der Waals surface area contributed by atoms with E-state index in [1.807, 2.05) is 0 Å². The molecule has 1 atom stereocenters. The number of nitrogens with zero attached hydrogens (tertiary/aromatic N) is 1. The van der Waals surface area contributed by atoms with Crippen LogP contribution >= 0.6 is 0 Å². The summed E-state index contributed by atoms with van der Waals surface area (Å²) in [5.74, 6) is 0.706. The lowest BCUT2D eigenvalue weighted by Crippen LogP contribution is -2.21. The summed E-state index contributed by atoms with van der Waals surface area (Å²) >= 11 is 0. The Labute approximate surface area is 104 Å². The number of likely N-dealkylation sites (tertiary alicyclic amines) is 1. The summed E-state index contributed by atoms with van der Waals surface area (Å²) in [6, 6.07) is 8.58. The smallest absolute Gasteiger partial charge is 0.0503 e. The molecule has 0 spiro atoms. The van der Waals surface area contributed by atoms with Gasteiger partial charge < -0.3 is 10.5 Å². The van der Waals surface area contributed by atoms with Crippen LogP contribution in [0.1, 0.15) is 17.5 Å². The van der Waals surface area contributed by atoms with Crippen molar-refractivity contribution in [3.8, 4) is 0 Å². The molecule has 2 N–H and O–H groups in total. The van der Waals surface area contributed by atoms with Crippen LogP contribution in [0.15, 0.2) is 24.3 Å². The van der Waals surface area contributed by atoms with E-state index >= 15 is 0 Å². The molecular formula is C14H22N2O. The normalized spacial score (nSPS) is 20.9. The minimum absolute atomic E-state index is 0.625. The van der Waals surface area contributed by atoms with E-state index in [1.165, 1.54) is 24.1 Å². The van der Waals surface area contributed by atoms with Gasteiger partial charge in [-0.25, -0.2) is 0 Å². The summed E-state index contributed by atoms with van der Waals surface area (Å²) in [4.78, 5) is 2.50. The molecular weight excluding hydrogens is 212 g/mol. The number of nitrogens with two attached hydrogens (primary N) is 1. The highest BCUT2D eigenvalue weighted by Crippen LogP contribution is 2.19. The zero-order valence-electron chi connectivity index (χ0n) is 10.6. The number of rotatable bonds is 5. The molecule has 1 aromatic carbocycles. The van der Waals surface area contributed by atoms with Crippen molar-refractivity contribution in [3.63, 3.8) is 0 Å². The minimum atomic E-state index is 0.625. The number of hydrogen-bond acceptors (Lipinski definition) is 3. The fraction of sp³-hybridized carbons (Fsp3) is 0.571. The average Bonchev–Trinajstić information content (AvgIpc) is 2.77. The van der Waals surface area contributed by atoms with Gasteiger partial charge in [-0.3, -0.25) is 4.90 Å². The average molecular weight is 234 g/mol. The van der Waals surface area contributed by atoms with Crippen molar-refractivity contribution in [2.24, 2.45) is 11.7 Å². The third kappa shape index (κ3) is 3.53. The summed E-state index contributed by atoms with van der Waals surface area (Å²) in [7, 11) is 1.79. The van der Waals surface area contributed by atoms with E-state index in [4.69, 9.17) is 10.5 Å². The maximum atomic E-state index is 5.66. The molecule has 0 saturated carbocycles. The fourth-order valence-corrected chi connectivity index (χ4v) is 2.54. The Balaban J connectivity index is 1.88. The first-order valence-corrected chi connectivity index (χ1v) is 6.31. The van der Waals surface area contributed by atoms with E-state index in [2.05, 4.69) is 29.2 Å². The van der Waals surface area contributed by atoms with Gasteiger partial charge in [0.2, 0.25) is 0 Å². The van der Waals surface area contributed by atoms with E-state index in [0.717, 1.165) is 19.7 Å². The molecule has 1 fully saturated rings. The molecule has 2 rings (SSSR count). The summed E-state index contributed by atoms with van der Waals surface area (Å²) in [5.41, 5.74) is 8.24. The van der Waals surface area contributed by atoms with E-state index in [1.54, 1.807) is 7.11 Å². The molecule has 0 aromatic heterocycles. The van der Waals surface area contributed by atoms with Gasteiger partial charge in [-0.2, -0.15) is 0 Å². The maximum absolute atomic E-state index is 5.66. The Morgan fingerprint density at radius 2 is 2.24 bits per heavy atom. The predicted molar refractivity (Wildman–Crippen MR) is 69.6 cm³/mol. The first-order valence-electron chi connectivity index (χ1n) is 6.31. The van der Waals surface area contributed by atoms with Gasteiger partial charge in [0, 0.05) is 26.7 Å². The number of ether oxygens (including phenoxy) is 1. The van der Waals surface area contributed by atoms with E-state index in [-0.39, 0.29) is 0 Å². The van der Waals surface area contributed by atoms with Crippen molar-refractivity contribution in [1.82, 2.24) is 4.90 Å². The number of methoxy groups -OCH3 is 1. The minimum Gasteiger partial charge on any atom is -0.384 e. The Morgan fingerprint density at radius 3 is 3.00 bits per heavy atom. The molecule has 0 bridgehead atoms. The zero-order chi connectivity index (χ0) is 12.1. The summed E-state index contributed by atoms with van der Waals surface area (Å²) in [6.07, 6.45) is 1.25. The second-order valence-corrected chi connectivity index (χ2v) is 4.87. The van der Waals surface area contributed by atoms with Gasteiger partial charge in [0.05, 0.1) is 6.61 Å². The van der Waals surface area contributed by atoms with Crippen molar-refractivity contribution in [1.29, 1.82) is 0 Å². The van der Waals surface area contributed by atoms with Crippen molar-refractivity contribution in [2.75, 3.05) is 26.8 Å². The molecule has 3 nitrogen and oxygen atoms in total. The molecule has 1 heterocycles. The van der Waals surface area contributed by atoms with Crippen molar-refractivity contribution in [2.45, 2.75) is 19.5 Å². The van der Waals surface area contributed by atoms with E-state index in [0.29, 0.717) is 12.5 Å². The largest absolute Gasteiger partial charge is 0.384 e. The van der Waals surface area contributed by atoms with Crippen LogP contribution in [0.2, 0.25) is 0 Å². The Bertz CT molecular complexity index is 354. The van der Waals surface area contributed by atoms with Crippen LogP contribution in [0, 0.1) is 5.92 Å². The monoisotopic (exact) mass is 234 g/mol. The van der Waals surface area contributed by atoms with Gasteiger partial charge in [-0.05, 0) is 30.0 Å². The fourth-order valence-electron chi connectivity index (χ4n) is 2.54. The maximum Gasteiger partial charge on any atom is 0.0503 e. The second-order valence-electron chi connectivity index (χ2n) is 4.87. The summed E-state index contributed by atoms with van der Waals surface area (Å²) < 4.78 is 5.22. The Kier molecular flexibility index (Phi) is 4.54. The zero-order valence-corrected chi connectivity index (χ0v) is 10.6. The summed E-state index contributed by atoms with van der Waals surface area (Å²) in [5, 5.41) is 0. The molecule has 17 heavy (non-hydrogen) atoms. The molecule has 1 aliphatic rings. The van der Waals surface area contributed by atoms with Crippen LogP contribution in [0.25, 0.3) is 0 Å². The van der Waals surface area contributed by atoms with Gasteiger partial charge in [-0.1, -0.05) is 24.3 Å². The van der Waals surface area contributed by atoms with Crippen LogP contribution in [0.4, 0.5) is 0 Å². The second kappa shape index (κ2) is 6.15. The lowest BCUT2D eigenvalue weighted by atomic mass is 10.1. The van der Waals surface area contributed by atoms with Gasteiger partial charge in [-0.15, -0.1) is 0 Å². The number of hydrogen-bond donors (Lipinski definition) is 1. The van der Waals surface area contributed by atoms with Crippen molar-refractivity contribution in [3.05, 3.63) is 35.4 Å². The molecule has 0 amide bonds. The molecule has 94 valence electrons. The Morgan fingerprint density at radius 1 is 1.41 bits per heavy atom. The quantitative estimate of drug-likeness (QED) is 0.841. The molecule has 1 unspecified atom stereocenters. The van der Waals surface area contributed by atoms with Gasteiger partial charge in [0.1, 0.15) is 0 Å². The standard InChI is InChI=1S/C14H22N2O/c1-17-11-14-5-6-16(10-14)9-13-4-2-3-12(7-13)8-15/h2-4,7,14H,5-6,8-11,15H2,1H3.